The maximum absolute atomic E-state index is 13.6. The fourth-order valence-electron chi connectivity index (χ4n) is 5.62. The molecule has 3 rings (SSSR count). The van der Waals surface area contributed by atoms with E-state index in [4.69, 9.17) is 11.5 Å². The number of amides is 4. The third-order valence-electron chi connectivity index (χ3n) is 8.01. The Labute approximate surface area is 244 Å². The summed E-state index contributed by atoms with van der Waals surface area (Å²) in [7, 11) is 0. The second kappa shape index (κ2) is 14.4. The van der Waals surface area contributed by atoms with Gasteiger partial charge in [-0.3, -0.25) is 28.8 Å². The predicted molar refractivity (Wildman–Crippen MR) is 151 cm³/mol. The number of primary amides is 1. The van der Waals surface area contributed by atoms with Crippen LogP contribution in [0.4, 0.5) is 0 Å². The van der Waals surface area contributed by atoms with E-state index < -0.39 is 60.2 Å². The van der Waals surface area contributed by atoms with E-state index in [2.05, 4.69) is 5.32 Å². The minimum atomic E-state index is -1.01. The average molecular weight is 588 g/mol. The van der Waals surface area contributed by atoms with Gasteiger partial charge in [0.15, 0.2) is 5.78 Å². The lowest BCUT2D eigenvalue weighted by atomic mass is 9.90. The number of carbonyl (C=O) groups is 6. The van der Waals surface area contributed by atoms with Crippen LogP contribution in [0.3, 0.4) is 0 Å². The molecular weight excluding hydrogens is 546 g/mol. The fourth-order valence-corrected chi connectivity index (χ4v) is 5.62. The minimum absolute atomic E-state index is 0.0125. The van der Waals surface area contributed by atoms with Gasteiger partial charge in [-0.05, 0) is 43.4 Å². The highest BCUT2D eigenvalue weighted by Crippen LogP contribution is 2.28. The first kappa shape index (κ1) is 32.7. The number of benzene rings is 1. The summed E-state index contributed by atoms with van der Waals surface area (Å²) in [6.07, 6.45) is -0.0469. The van der Waals surface area contributed by atoms with Crippen LogP contribution in [-0.4, -0.2) is 99.6 Å². The van der Waals surface area contributed by atoms with Gasteiger partial charge < -0.3 is 36.8 Å². The van der Waals surface area contributed by atoms with E-state index in [9.17, 15) is 39.0 Å². The van der Waals surface area contributed by atoms with Gasteiger partial charge in [-0.25, -0.2) is 0 Å². The van der Waals surface area contributed by atoms with Crippen LogP contribution in [0.5, 0.6) is 5.75 Å². The lowest BCUT2D eigenvalue weighted by molar-refractivity contribution is -0.146. The van der Waals surface area contributed by atoms with Gasteiger partial charge in [0, 0.05) is 44.2 Å². The largest absolute Gasteiger partial charge is 0.508 e. The molecule has 0 radical (unpaired) electrons. The molecule has 13 nitrogen and oxygen atoms in total. The zero-order chi connectivity index (χ0) is 31.1. The Kier molecular flexibility index (Phi) is 11.2. The third-order valence-corrected chi connectivity index (χ3v) is 8.01. The summed E-state index contributed by atoms with van der Waals surface area (Å²) in [5.74, 6) is -4.19. The molecule has 0 aliphatic carbocycles. The number of carbonyl (C=O) groups excluding carboxylic acids is 6. The lowest BCUT2D eigenvalue weighted by Crippen LogP contribution is -2.53. The molecule has 0 spiro atoms. The maximum atomic E-state index is 13.6. The highest BCUT2D eigenvalue weighted by Gasteiger charge is 2.44. The molecule has 0 aromatic heterocycles. The number of aliphatic hydroxyl groups excluding tert-OH is 1. The number of aryl methyl sites for hydroxylation is 1. The van der Waals surface area contributed by atoms with Gasteiger partial charge in [0.05, 0.1) is 25.2 Å². The number of nitrogens with zero attached hydrogens (tertiary/aromatic N) is 2. The molecule has 42 heavy (non-hydrogen) atoms. The Morgan fingerprint density at radius 3 is 2.45 bits per heavy atom. The number of hydrogen-bond acceptors (Lipinski definition) is 9. The normalized spacial score (nSPS) is 21.6. The van der Waals surface area contributed by atoms with Gasteiger partial charge in [-0.2, -0.15) is 0 Å². The number of Topliss-reactive ketones (excluding diaryl/α,β-unsaturated/α-hetero) is 2. The molecule has 0 bridgehead atoms. The number of likely N-dealkylation sites (tertiary alicyclic amines) is 2. The number of rotatable bonds is 13. The number of aliphatic hydroxyl groups is 1. The molecule has 2 saturated heterocycles. The van der Waals surface area contributed by atoms with Crippen molar-refractivity contribution in [2.45, 2.75) is 70.6 Å². The van der Waals surface area contributed by atoms with Gasteiger partial charge in [-0.15, -0.1) is 0 Å². The summed E-state index contributed by atoms with van der Waals surface area (Å²) < 4.78 is 0. The van der Waals surface area contributed by atoms with Crippen LogP contribution in [0, 0.1) is 18.8 Å². The summed E-state index contributed by atoms with van der Waals surface area (Å²) in [4.78, 5) is 78.7. The second-order valence-corrected chi connectivity index (χ2v) is 11.3. The molecule has 7 N–H and O–H groups in total. The van der Waals surface area contributed by atoms with Crippen molar-refractivity contribution in [1.29, 1.82) is 0 Å². The van der Waals surface area contributed by atoms with Crippen molar-refractivity contribution in [3.63, 3.8) is 0 Å². The summed E-state index contributed by atoms with van der Waals surface area (Å²) >= 11 is 0. The van der Waals surface area contributed by atoms with Crippen molar-refractivity contribution in [2.24, 2.45) is 23.3 Å². The van der Waals surface area contributed by atoms with E-state index in [1.54, 1.807) is 26.0 Å². The molecule has 2 fully saturated rings. The summed E-state index contributed by atoms with van der Waals surface area (Å²) in [6, 6.07) is 3.09. The summed E-state index contributed by atoms with van der Waals surface area (Å²) in [5.41, 5.74) is 12.3. The van der Waals surface area contributed by atoms with Crippen molar-refractivity contribution in [3.05, 3.63) is 29.3 Å². The zero-order valence-electron chi connectivity index (χ0n) is 24.1. The first-order chi connectivity index (χ1) is 19.8. The van der Waals surface area contributed by atoms with Crippen molar-refractivity contribution in [3.8, 4) is 5.75 Å². The van der Waals surface area contributed by atoms with Crippen molar-refractivity contribution in [1.82, 2.24) is 15.1 Å². The van der Waals surface area contributed by atoms with Gasteiger partial charge in [0.25, 0.3) is 0 Å². The molecule has 1 aromatic rings. The van der Waals surface area contributed by atoms with E-state index in [1.807, 2.05) is 0 Å². The Balaban J connectivity index is 1.64. The Morgan fingerprint density at radius 1 is 1.10 bits per heavy atom. The molecule has 5 atom stereocenters. The highest BCUT2D eigenvalue weighted by molar-refractivity contribution is 5.96. The first-order valence-electron chi connectivity index (χ1n) is 14.2. The lowest BCUT2D eigenvalue weighted by Gasteiger charge is -2.31. The van der Waals surface area contributed by atoms with Crippen molar-refractivity contribution >= 4 is 35.2 Å². The van der Waals surface area contributed by atoms with Crippen LogP contribution in [0.25, 0.3) is 0 Å². The molecule has 230 valence electrons. The molecular formula is C29H41N5O8. The van der Waals surface area contributed by atoms with Crippen LogP contribution in [0.2, 0.25) is 0 Å². The van der Waals surface area contributed by atoms with E-state index in [0.29, 0.717) is 18.4 Å². The zero-order valence-corrected chi connectivity index (χ0v) is 24.1. The second-order valence-electron chi connectivity index (χ2n) is 11.3. The van der Waals surface area contributed by atoms with Crippen molar-refractivity contribution in [2.75, 3.05) is 26.2 Å². The van der Waals surface area contributed by atoms with Crippen LogP contribution in [0.15, 0.2) is 18.2 Å². The molecule has 2 aliphatic heterocycles. The number of phenolic OH excluding ortho intramolecular Hbond substituents is 1. The number of nitrogens with two attached hydrogens (primary N) is 2. The monoisotopic (exact) mass is 587 g/mol. The predicted octanol–water partition coefficient (Wildman–Crippen LogP) is -1.07. The standard InChI is InChI=1S/C29H41N5O8/c1-16-8-18(5-6-24(16)37)10-19(27(31)40)11-25(38)22-4-3-7-33(22)29(42)23-12-21(36)15-34(23)26(39)14-32-28(41)17(2)9-20(35)13-30/h5-6,8,17,19,21-23,36-37H,3-4,7,9-15,30H2,1-2H3,(H2,31,40)(H,32,41)/t17?,19?,21-,22?,23?/m0/s1. The van der Waals surface area contributed by atoms with E-state index in [0.717, 1.165) is 5.56 Å². The summed E-state index contributed by atoms with van der Waals surface area (Å²) in [6.45, 7) is 2.83. The van der Waals surface area contributed by atoms with E-state index >= 15 is 0 Å². The van der Waals surface area contributed by atoms with Gasteiger partial charge in [0.1, 0.15) is 17.6 Å². The number of aromatic hydroxyl groups is 1. The Hall–Kier alpha value is -3.84. The number of ketones is 2. The topological polar surface area (TPSA) is 213 Å². The fraction of sp³-hybridized carbons (Fsp3) is 0.586. The Morgan fingerprint density at radius 2 is 1.81 bits per heavy atom. The number of phenols is 1. The number of hydrogen-bond donors (Lipinski definition) is 5. The average Bonchev–Trinajstić information content (AvgIpc) is 3.59. The van der Waals surface area contributed by atoms with Gasteiger partial charge >= 0.3 is 0 Å². The molecule has 2 aliphatic rings. The molecule has 2 heterocycles. The van der Waals surface area contributed by atoms with Crippen molar-refractivity contribution < 1.29 is 39.0 Å². The quantitative estimate of drug-likeness (QED) is 0.190. The SMILES string of the molecule is Cc1cc(CC(CC(=O)C2CCCN2C(=O)C2C[C@H](O)CN2C(=O)CNC(=O)C(C)CC(=O)CN)C(N)=O)ccc1O. The van der Waals surface area contributed by atoms with Crippen LogP contribution in [0.1, 0.15) is 50.2 Å². The van der Waals surface area contributed by atoms with E-state index in [1.165, 1.54) is 15.9 Å². The molecule has 4 amide bonds. The molecule has 4 unspecified atom stereocenters. The van der Waals surface area contributed by atoms with E-state index in [-0.39, 0.29) is 62.6 Å². The Bertz CT molecular complexity index is 1220. The van der Waals surface area contributed by atoms with Crippen LogP contribution >= 0.6 is 0 Å². The van der Waals surface area contributed by atoms with Crippen LogP contribution < -0.4 is 16.8 Å². The number of nitrogens with one attached hydrogen (secondary N) is 1. The number of β-amino-alcohol motifs (C(OH)–C–C–N with tert-alkyl or cyclic N) is 1. The first-order valence-corrected chi connectivity index (χ1v) is 14.2. The van der Waals surface area contributed by atoms with Gasteiger partial charge in [-0.1, -0.05) is 19.1 Å². The highest BCUT2D eigenvalue weighted by atomic mass is 16.3. The molecule has 13 heteroatoms. The smallest absolute Gasteiger partial charge is 0.246 e. The minimum Gasteiger partial charge on any atom is -0.508 e. The maximum Gasteiger partial charge on any atom is 0.246 e. The molecule has 1 aromatic carbocycles. The van der Waals surface area contributed by atoms with Crippen LogP contribution in [-0.2, 0) is 35.2 Å². The molecule has 0 saturated carbocycles. The third kappa shape index (κ3) is 8.13. The summed E-state index contributed by atoms with van der Waals surface area (Å²) in [5, 5.41) is 22.5. The van der Waals surface area contributed by atoms with Gasteiger partial charge in [0.2, 0.25) is 23.6 Å².